The van der Waals surface area contributed by atoms with Gasteiger partial charge >= 0.3 is 0 Å². The molecule has 0 unspecified atom stereocenters. The van der Waals surface area contributed by atoms with Crippen LogP contribution in [-0.4, -0.2) is 0 Å². The van der Waals surface area contributed by atoms with Crippen molar-refractivity contribution in [1.82, 2.24) is 0 Å². The summed E-state index contributed by atoms with van der Waals surface area (Å²) >= 11 is 0. The van der Waals surface area contributed by atoms with E-state index in [2.05, 4.69) is 43.9 Å². The fourth-order valence-electron chi connectivity index (χ4n) is 2.47. The Bertz CT molecular complexity index is 644. The molecule has 1 nitrogen and oxygen atoms in total. The molecule has 1 aliphatic heterocycles. The molecule has 94 valence electrons. The van der Waals surface area contributed by atoms with Crippen molar-refractivity contribution >= 4 is 0 Å². The summed E-state index contributed by atoms with van der Waals surface area (Å²) in [6.45, 7) is 4.19. The Hall–Kier alpha value is -2.04. The third kappa shape index (κ3) is 2.28. The summed E-state index contributed by atoms with van der Waals surface area (Å²) in [5, 5.41) is 0. The molecule has 0 spiro atoms. The van der Waals surface area contributed by atoms with Crippen molar-refractivity contribution in [2.45, 2.75) is 25.6 Å². The molecule has 1 atom stereocenters. The van der Waals surface area contributed by atoms with Gasteiger partial charge in [-0.2, -0.15) is 0 Å². The minimum atomic E-state index is -0.257. The van der Waals surface area contributed by atoms with Crippen LogP contribution in [0.15, 0.2) is 54.6 Å². The maximum atomic E-state index is 6.07. The van der Waals surface area contributed by atoms with E-state index < -0.39 is 0 Å². The minimum Gasteiger partial charge on any atom is -0.350 e. The molecule has 2 aromatic rings. The second-order valence-corrected chi connectivity index (χ2v) is 5.23. The first-order valence-corrected chi connectivity index (χ1v) is 6.51. The highest BCUT2D eigenvalue weighted by molar-refractivity contribution is 5.43. The van der Waals surface area contributed by atoms with E-state index in [1.807, 2.05) is 36.4 Å². The fourth-order valence-corrected chi connectivity index (χ4v) is 2.47. The molecule has 0 bridgehead atoms. The van der Waals surface area contributed by atoms with Gasteiger partial charge in [0.1, 0.15) is 6.10 Å². The van der Waals surface area contributed by atoms with E-state index in [0.29, 0.717) is 0 Å². The van der Waals surface area contributed by atoms with Crippen LogP contribution >= 0.6 is 0 Å². The predicted molar refractivity (Wildman–Crippen MR) is 76.6 cm³/mol. The number of ether oxygens (including phenoxy) is 1. The van der Waals surface area contributed by atoms with Crippen LogP contribution in [0.2, 0.25) is 0 Å². The number of fused-ring (bicyclic) bond motifs is 1. The zero-order valence-electron chi connectivity index (χ0n) is 11.2. The van der Waals surface area contributed by atoms with E-state index in [0.717, 1.165) is 5.56 Å². The van der Waals surface area contributed by atoms with Gasteiger partial charge in [-0.1, -0.05) is 54.3 Å². The molecule has 0 aromatic heterocycles. The van der Waals surface area contributed by atoms with Gasteiger partial charge in [-0.25, -0.2) is 0 Å². The quantitative estimate of drug-likeness (QED) is 0.639. The lowest BCUT2D eigenvalue weighted by molar-refractivity contribution is -0.0267. The summed E-state index contributed by atoms with van der Waals surface area (Å²) in [5.41, 5.74) is 3.19. The smallest absolute Gasteiger partial charge is 0.145 e. The topological polar surface area (TPSA) is 9.23 Å². The van der Waals surface area contributed by atoms with E-state index in [4.69, 9.17) is 4.74 Å². The van der Waals surface area contributed by atoms with Crippen molar-refractivity contribution in [3.05, 3.63) is 71.3 Å². The molecule has 0 N–H and O–H groups in total. The molecular formula is C18H16O. The summed E-state index contributed by atoms with van der Waals surface area (Å²) in [5.74, 6) is 6.43. The number of hydrogen-bond acceptors (Lipinski definition) is 1. The molecule has 1 aliphatic rings. The number of benzene rings is 2. The van der Waals surface area contributed by atoms with Crippen molar-refractivity contribution < 1.29 is 4.74 Å². The average molecular weight is 248 g/mol. The summed E-state index contributed by atoms with van der Waals surface area (Å²) in [6.07, 6.45) is -0.133. The molecule has 3 rings (SSSR count). The molecule has 0 saturated heterocycles. The molecule has 0 radical (unpaired) electrons. The van der Waals surface area contributed by atoms with Crippen LogP contribution in [-0.2, 0) is 10.3 Å². The Morgan fingerprint density at radius 2 is 1.63 bits per heavy atom. The van der Waals surface area contributed by atoms with Crippen LogP contribution in [0, 0.1) is 11.8 Å². The normalized spacial score (nSPS) is 19.4. The Morgan fingerprint density at radius 1 is 0.947 bits per heavy atom. The Kier molecular flexibility index (Phi) is 2.89. The van der Waals surface area contributed by atoms with E-state index in [9.17, 15) is 0 Å². The lowest BCUT2D eigenvalue weighted by Gasteiger charge is -2.18. The number of hydrogen-bond donors (Lipinski definition) is 0. The molecule has 2 aromatic carbocycles. The molecule has 0 fully saturated rings. The summed E-state index contributed by atoms with van der Waals surface area (Å²) in [4.78, 5) is 0. The first-order valence-electron chi connectivity index (χ1n) is 6.51. The van der Waals surface area contributed by atoms with Gasteiger partial charge in [0, 0.05) is 5.56 Å². The van der Waals surface area contributed by atoms with Gasteiger partial charge in [0.2, 0.25) is 0 Å². The summed E-state index contributed by atoms with van der Waals surface area (Å²) in [7, 11) is 0. The van der Waals surface area contributed by atoms with Crippen molar-refractivity contribution in [3.8, 4) is 11.8 Å². The average Bonchev–Trinajstić information content (AvgIpc) is 2.70. The Labute approximate surface area is 114 Å². The van der Waals surface area contributed by atoms with E-state index in [1.165, 1.54) is 11.1 Å². The highest BCUT2D eigenvalue weighted by Gasteiger charge is 2.36. The maximum absolute atomic E-state index is 6.07. The zero-order valence-corrected chi connectivity index (χ0v) is 11.2. The van der Waals surface area contributed by atoms with Crippen molar-refractivity contribution in [1.29, 1.82) is 0 Å². The lowest BCUT2D eigenvalue weighted by Crippen LogP contribution is -2.15. The van der Waals surface area contributed by atoms with Gasteiger partial charge < -0.3 is 4.74 Å². The van der Waals surface area contributed by atoms with Gasteiger partial charge in [0.05, 0.1) is 5.60 Å². The van der Waals surface area contributed by atoms with Gasteiger partial charge in [0.15, 0.2) is 0 Å². The zero-order chi connectivity index (χ0) is 13.3. The predicted octanol–water partition coefficient (Wildman–Crippen LogP) is 4.04. The minimum absolute atomic E-state index is 0.133. The lowest BCUT2D eigenvalue weighted by atomic mass is 9.95. The molecule has 0 amide bonds. The first-order chi connectivity index (χ1) is 9.17. The SMILES string of the molecule is CC1(C)O[C@H](C#Cc2ccccc2)c2ccccc21. The van der Waals surface area contributed by atoms with Crippen LogP contribution < -0.4 is 0 Å². The third-order valence-corrected chi connectivity index (χ3v) is 3.43. The second-order valence-electron chi connectivity index (χ2n) is 5.23. The first kappa shape index (κ1) is 12.0. The molecule has 0 saturated carbocycles. The highest BCUT2D eigenvalue weighted by Crippen LogP contribution is 2.42. The van der Waals surface area contributed by atoms with Crippen LogP contribution in [0.5, 0.6) is 0 Å². The Balaban J connectivity index is 1.95. The van der Waals surface area contributed by atoms with Crippen LogP contribution in [0.4, 0.5) is 0 Å². The molecule has 19 heavy (non-hydrogen) atoms. The highest BCUT2D eigenvalue weighted by atomic mass is 16.5. The molecule has 0 aliphatic carbocycles. The maximum Gasteiger partial charge on any atom is 0.145 e. The van der Waals surface area contributed by atoms with Crippen molar-refractivity contribution in [2.75, 3.05) is 0 Å². The summed E-state index contributed by atoms with van der Waals surface area (Å²) < 4.78 is 6.07. The van der Waals surface area contributed by atoms with E-state index in [1.54, 1.807) is 0 Å². The fraction of sp³-hybridized carbons (Fsp3) is 0.222. The van der Waals surface area contributed by atoms with Gasteiger partial charge in [0.25, 0.3) is 0 Å². The van der Waals surface area contributed by atoms with Gasteiger partial charge in [-0.05, 0) is 37.1 Å². The summed E-state index contributed by atoms with van der Waals surface area (Å²) in [6, 6.07) is 18.3. The standard InChI is InChI=1S/C18H16O/c1-18(2)16-11-7-6-10-15(16)17(19-18)13-12-14-8-4-3-5-9-14/h3-11,17H,1-2H3/t17-/m1/s1. The van der Waals surface area contributed by atoms with E-state index >= 15 is 0 Å². The number of rotatable bonds is 0. The second kappa shape index (κ2) is 4.57. The molecular weight excluding hydrogens is 232 g/mol. The van der Waals surface area contributed by atoms with Crippen LogP contribution in [0.3, 0.4) is 0 Å². The van der Waals surface area contributed by atoms with Crippen molar-refractivity contribution in [3.63, 3.8) is 0 Å². The largest absolute Gasteiger partial charge is 0.350 e. The van der Waals surface area contributed by atoms with Gasteiger partial charge in [-0.15, -0.1) is 0 Å². The van der Waals surface area contributed by atoms with Crippen LogP contribution in [0.1, 0.15) is 36.6 Å². The van der Waals surface area contributed by atoms with E-state index in [-0.39, 0.29) is 11.7 Å². The van der Waals surface area contributed by atoms with Gasteiger partial charge in [-0.3, -0.25) is 0 Å². The molecule has 1 heteroatoms. The monoisotopic (exact) mass is 248 g/mol. The van der Waals surface area contributed by atoms with Crippen LogP contribution in [0.25, 0.3) is 0 Å². The van der Waals surface area contributed by atoms with Crippen molar-refractivity contribution in [2.24, 2.45) is 0 Å². The Morgan fingerprint density at radius 3 is 2.42 bits per heavy atom. The third-order valence-electron chi connectivity index (χ3n) is 3.43. The molecule has 1 heterocycles.